The van der Waals surface area contributed by atoms with Gasteiger partial charge in [-0.3, -0.25) is 0 Å². The van der Waals surface area contributed by atoms with Gasteiger partial charge in [0.2, 0.25) is 0 Å². The van der Waals surface area contributed by atoms with Crippen LogP contribution in [0.25, 0.3) is 0 Å². The zero-order valence-electron chi connectivity index (χ0n) is 7.88. The van der Waals surface area contributed by atoms with Gasteiger partial charge in [0.05, 0.1) is 11.0 Å². The molecule has 0 atom stereocenters. The first-order chi connectivity index (χ1) is 5.27. The summed E-state index contributed by atoms with van der Waals surface area (Å²) < 4.78 is 24.1. The Balaban J connectivity index is 0. The molecule has 0 saturated carbocycles. The van der Waals surface area contributed by atoms with Gasteiger partial charge >= 0.3 is 51.4 Å². The number of unbranched alkanes of at least 4 members (excludes halogenated alkanes) is 4. The van der Waals surface area contributed by atoms with Crippen molar-refractivity contribution in [3.63, 3.8) is 0 Å². The van der Waals surface area contributed by atoms with Crippen LogP contribution in [0.4, 0.5) is 0 Å². The first-order valence-corrected chi connectivity index (χ1v) is 5.00. The average Bonchev–Trinajstić information content (AvgIpc) is 1.96. The summed E-state index contributed by atoms with van der Waals surface area (Å²) >= 11 is 0. The van der Waals surface area contributed by atoms with Crippen LogP contribution in [-0.4, -0.2) is 6.61 Å². The average molecular weight is 218 g/mol. The van der Waals surface area contributed by atoms with Crippen molar-refractivity contribution in [1.82, 2.24) is 0 Å². The van der Waals surface area contributed by atoms with E-state index in [1.54, 1.807) is 0 Å². The summed E-state index contributed by atoms with van der Waals surface area (Å²) in [5, 5.41) is 0. The Kier molecular flexibility index (Phi) is 16.7. The molecular weight excluding hydrogens is 203 g/mol. The molecule has 0 saturated heterocycles. The third kappa shape index (κ3) is 14.1. The predicted octanol–water partition coefficient (Wildman–Crippen LogP) is -0.798. The number of hydrogen-bond donors (Lipinski definition) is 0. The quantitative estimate of drug-likeness (QED) is 0.319. The van der Waals surface area contributed by atoms with E-state index in [1.807, 2.05) is 0 Å². The van der Waals surface area contributed by atoms with Crippen molar-refractivity contribution in [2.45, 2.75) is 39.0 Å². The topological polar surface area (TPSA) is 43.4 Å². The molecule has 0 spiro atoms. The summed E-state index contributed by atoms with van der Waals surface area (Å²) in [5.74, 6) is 0. The smallest absolute Gasteiger partial charge is 0.424 e. The first kappa shape index (κ1) is 16.0. The van der Waals surface area contributed by atoms with E-state index >= 15 is 0 Å². The van der Waals surface area contributed by atoms with Gasteiger partial charge in [0.25, 0.3) is 0 Å². The van der Waals surface area contributed by atoms with Crippen LogP contribution in [-0.2, 0) is 23.6 Å². The van der Waals surface area contributed by atoms with E-state index in [4.69, 9.17) is 0 Å². The first-order valence-electron chi connectivity index (χ1n) is 4.00. The van der Waals surface area contributed by atoms with Crippen molar-refractivity contribution < 1.29 is 64.0 Å². The van der Waals surface area contributed by atoms with Gasteiger partial charge in [0, 0.05) is 6.61 Å². The van der Waals surface area contributed by atoms with E-state index in [0.717, 1.165) is 12.8 Å². The standard InChI is InChI=1S/C7H15O3S.K/c1-2-3-4-5-6-7-10-11(8)9;/h2-7H2,1H3;/q-1;+1. The number of rotatable bonds is 7. The Bertz CT molecular complexity index is 140. The molecule has 0 aromatic carbocycles. The normalized spacial score (nSPS) is 9.83. The molecule has 5 heteroatoms. The van der Waals surface area contributed by atoms with Crippen molar-refractivity contribution in [3.05, 3.63) is 0 Å². The van der Waals surface area contributed by atoms with Crippen molar-refractivity contribution in [2.75, 3.05) is 6.61 Å². The van der Waals surface area contributed by atoms with Gasteiger partial charge in [-0.05, 0) is 6.42 Å². The Hall–Kier alpha value is 1.55. The monoisotopic (exact) mass is 218 g/mol. The SMILES string of the molecule is CCCCCCCO[S-](=O)=O.[K+]. The molecule has 0 aliphatic rings. The van der Waals surface area contributed by atoms with Crippen molar-refractivity contribution in [2.24, 2.45) is 0 Å². The molecule has 0 fully saturated rings. The maximum absolute atomic E-state index is 9.87. The Morgan fingerprint density at radius 3 is 2.17 bits per heavy atom. The van der Waals surface area contributed by atoms with E-state index < -0.39 is 11.0 Å². The van der Waals surface area contributed by atoms with Gasteiger partial charge in [-0.15, -0.1) is 0 Å². The fourth-order valence-corrected chi connectivity index (χ4v) is 1.09. The second kappa shape index (κ2) is 12.5. The Labute approximate surface area is 119 Å². The van der Waals surface area contributed by atoms with Gasteiger partial charge < -0.3 is 12.6 Å². The van der Waals surface area contributed by atoms with Gasteiger partial charge in [0.15, 0.2) is 0 Å². The summed E-state index contributed by atoms with van der Waals surface area (Å²) in [6, 6.07) is 0. The molecule has 0 rings (SSSR count). The maximum atomic E-state index is 9.87. The van der Waals surface area contributed by atoms with Gasteiger partial charge in [-0.25, -0.2) is 0 Å². The van der Waals surface area contributed by atoms with Gasteiger partial charge in [-0.1, -0.05) is 32.6 Å². The third-order valence-corrected chi connectivity index (χ3v) is 1.79. The van der Waals surface area contributed by atoms with E-state index in [2.05, 4.69) is 11.1 Å². The van der Waals surface area contributed by atoms with Crippen LogP contribution in [0.15, 0.2) is 0 Å². The van der Waals surface area contributed by atoms with Crippen LogP contribution in [0.5, 0.6) is 0 Å². The second-order valence-corrected chi connectivity index (χ2v) is 3.08. The number of hydrogen-bond acceptors (Lipinski definition) is 4. The second-order valence-electron chi connectivity index (χ2n) is 2.44. The molecule has 0 amide bonds. The third-order valence-electron chi connectivity index (χ3n) is 1.43. The fourth-order valence-electron chi connectivity index (χ4n) is 0.833. The summed E-state index contributed by atoms with van der Waals surface area (Å²) in [5.41, 5.74) is 0. The summed E-state index contributed by atoms with van der Waals surface area (Å²) in [7, 11) is -2.32. The van der Waals surface area contributed by atoms with Crippen LogP contribution in [0.1, 0.15) is 39.0 Å². The molecule has 0 aliphatic carbocycles. The van der Waals surface area contributed by atoms with Crippen LogP contribution in [0.3, 0.4) is 0 Å². The minimum atomic E-state index is -2.32. The fraction of sp³-hybridized carbons (Fsp3) is 1.00. The van der Waals surface area contributed by atoms with Crippen LogP contribution in [0, 0.1) is 0 Å². The summed E-state index contributed by atoms with van der Waals surface area (Å²) in [6.45, 7) is 2.48. The predicted molar refractivity (Wildman–Crippen MR) is 43.4 cm³/mol. The van der Waals surface area contributed by atoms with E-state index in [-0.39, 0.29) is 51.4 Å². The zero-order valence-corrected chi connectivity index (χ0v) is 11.8. The molecule has 12 heavy (non-hydrogen) atoms. The molecule has 0 unspecified atom stereocenters. The minimum absolute atomic E-state index is 0. The van der Waals surface area contributed by atoms with Crippen LogP contribution >= 0.6 is 0 Å². The molecular formula is C7H15KO3S. The van der Waals surface area contributed by atoms with Crippen LogP contribution < -0.4 is 51.4 Å². The summed E-state index contributed by atoms with van der Waals surface area (Å²) in [4.78, 5) is 0. The van der Waals surface area contributed by atoms with E-state index in [9.17, 15) is 8.42 Å². The molecule has 3 nitrogen and oxygen atoms in total. The molecule has 0 aliphatic heterocycles. The van der Waals surface area contributed by atoms with Crippen molar-refractivity contribution in [1.29, 1.82) is 0 Å². The Morgan fingerprint density at radius 2 is 1.67 bits per heavy atom. The molecule has 0 heterocycles. The van der Waals surface area contributed by atoms with Crippen molar-refractivity contribution >= 4 is 11.0 Å². The maximum Gasteiger partial charge on any atom is 1.00 e. The minimum Gasteiger partial charge on any atom is -0.424 e. The van der Waals surface area contributed by atoms with Gasteiger partial charge in [0.1, 0.15) is 0 Å². The van der Waals surface area contributed by atoms with E-state index in [1.165, 1.54) is 19.3 Å². The van der Waals surface area contributed by atoms with Gasteiger partial charge in [-0.2, -0.15) is 0 Å². The molecule has 0 aromatic rings. The summed E-state index contributed by atoms with van der Waals surface area (Å²) in [6.07, 6.45) is 5.50. The largest absolute Gasteiger partial charge is 1.00 e. The van der Waals surface area contributed by atoms with Crippen molar-refractivity contribution in [3.8, 4) is 0 Å². The molecule has 0 aromatic heterocycles. The molecule has 68 valence electrons. The molecule has 0 bridgehead atoms. The van der Waals surface area contributed by atoms with Crippen LogP contribution in [0.2, 0.25) is 0 Å². The molecule has 0 radical (unpaired) electrons. The zero-order chi connectivity index (χ0) is 8.53. The Morgan fingerprint density at radius 1 is 1.08 bits per heavy atom. The molecule has 0 N–H and O–H groups in total. The van der Waals surface area contributed by atoms with E-state index in [0.29, 0.717) is 6.61 Å².